The molecule has 0 nitrogen and oxygen atoms in total. The zero-order chi connectivity index (χ0) is 13.1. The first-order valence-electron chi connectivity index (χ1n) is 7.29. The molecular formula is C18H21P. The molecule has 2 aromatic rings. The third kappa shape index (κ3) is 2.90. The van der Waals surface area contributed by atoms with Crippen LogP contribution < -0.4 is 5.30 Å². The number of hydrogen-bond donors (Lipinski definition) is 0. The molecule has 0 saturated heterocycles. The van der Waals surface area contributed by atoms with Crippen LogP contribution in [0.4, 0.5) is 0 Å². The molecule has 1 saturated carbocycles. The fourth-order valence-electron chi connectivity index (χ4n) is 3.15. The van der Waals surface area contributed by atoms with E-state index in [1.807, 2.05) is 0 Å². The van der Waals surface area contributed by atoms with Gasteiger partial charge in [0.2, 0.25) is 0 Å². The first-order chi connectivity index (χ1) is 9.34. The van der Waals surface area contributed by atoms with E-state index in [0.29, 0.717) is 0 Å². The Balaban J connectivity index is 1.89. The molecule has 2 aromatic carbocycles. The fraction of sp³-hybridized carbons (Fsp3) is 0.333. The molecule has 0 spiro atoms. The van der Waals surface area contributed by atoms with E-state index in [2.05, 4.69) is 57.8 Å². The Hall–Kier alpha value is -1.13. The van der Waals surface area contributed by atoms with Crippen LogP contribution >= 0.6 is 9.24 Å². The predicted molar refractivity (Wildman–Crippen MR) is 87.0 cm³/mol. The van der Waals surface area contributed by atoms with Gasteiger partial charge < -0.3 is 0 Å². The van der Waals surface area contributed by atoms with E-state index >= 15 is 0 Å². The largest absolute Gasteiger partial charge is 0.105 e. The Bertz CT molecular complexity index is 539. The van der Waals surface area contributed by atoms with E-state index in [4.69, 9.17) is 0 Å². The molecule has 0 heterocycles. The van der Waals surface area contributed by atoms with Crippen molar-refractivity contribution in [3.8, 4) is 11.1 Å². The monoisotopic (exact) mass is 268 g/mol. The minimum absolute atomic E-state index is 0.790. The lowest BCUT2D eigenvalue weighted by atomic mass is 9.83. The van der Waals surface area contributed by atoms with Gasteiger partial charge in [0.1, 0.15) is 0 Å². The molecule has 0 amide bonds. The van der Waals surface area contributed by atoms with Gasteiger partial charge in [-0.1, -0.05) is 67.8 Å². The van der Waals surface area contributed by atoms with Crippen LogP contribution in [-0.2, 0) is 0 Å². The molecule has 0 radical (unpaired) electrons. The number of rotatable bonds is 2. The zero-order valence-corrected chi connectivity index (χ0v) is 12.5. The summed E-state index contributed by atoms with van der Waals surface area (Å²) in [5.41, 5.74) is 4.18. The van der Waals surface area contributed by atoms with Crippen molar-refractivity contribution in [2.45, 2.75) is 38.0 Å². The molecule has 1 aliphatic rings. The van der Waals surface area contributed by atoms with Crippen molar-refractivity contribution in [1.29, 1.82) is 0 Å². The van der Waals surface area contributed by atoms with E-state index < -0.39 is 0 Å². The minimum Gasteiger partial charge on any atom is -0.105 e. The van der Waals surface area contributed by atoms with Crippen LogP contribution in [0.3, 0.4) is 0 Å². The summed E-state index contributed by atoms with van der Waals surface area (Å²) >= 11 is 0. The molecule has 0 aromatic heterocycles. The highest BCUT2D eigenvalue weighted by molar-refractivity contribution is 7.28. The molecule has 1 aliphatic carbocycles. The first-order valence-corrected chi connectivity index (χ1v) is 7.87. The second-order valence-corrected chi connectivity index (χ2v) is 6.17. The van der Waals surface area contributed by atoms with Crippen molar-refractivity contribution in [2.75, 3.05) is 0 Å². The summed E-state index contributed by atoms with van der Waals surface area (Å²) in [5, 5.41) is 1.33. The zero-order valence-electron chi connectivity index (χ0n) is 11.3. The van der Waals surface area contributed by atoms with Crippen LogP contribution in [0.25, 0.3) is 11.1 Å². The van der Waals surface area contributed by atoms with Gasteiger partial charge >= 0.3 is 0 Å². The van der Waals surface area contributed by atoms with Crippen LogP contribution in [0.2, 0.25) is 0 Å². The summed E-state index contributed by atoms with van der Waals surface area (Å²) in [7, 11) is 2.91. The normalized spacial score (nSPS) is 16.5. The summed E-state index contributed by atoms with van der Waals surface area (Å²) in [6.07, 6.45) is 6.96. The average molecular weight is 268 g/mol. The van der Waals surface area contributed by atoms with Crippen molar-refractivity contribution >= 4 is 14.5 Å². The summed E-state index contributed by atoms with van der Waals surface area (Å²) < 4.78 is 0. The van der Waals surface area contributed by atoms with E-state index in [9.17, 15) is 0 Å². The SMILES string of the molecule is Pc1cc(C2CCCCC2)ccc1-c1ccccc1. The second kappa shape index (κ2) is 5.88. The smallest absolute Gasteiger partial charge is 0.0112 e. The van der Waals surface area contributed by atoms with Gasteiger partial charge in [-0.25, -0.2) is 0 Å². The quantitative estimate of drug-likeness (QED) is 0.679. The molecule has 98 valence electrons. The summed E-state index contributed by atoms with van der Waals surface area (Å²) in [4.78, 5) is 0. The molecule has 1 heteroatoms. The fourth-order valence-corrected chi connectivity index (χ4v) is 3.61. The molecule has 1 fully saturated rings. The van der Waals surface area contributed by atoms with Gasteiger partial charge in [0.05, 0.1) is 0 Å². The predicted octanol–water partition coefficient (Wildman–Crippen LogP) is 4.90. The highest BCUT2D eigenvalue weighted by Gasteiger charge is 2.16. The van der Waals surface area contributed by atoms with Crippen LogP contribution in [0.5, 0.6) is 0 Å². The van der Waals surface area contributed by atoms with E-state index in [1.54, 1.807) is 0 Å². The first kappa shape index (κ1) is 12.9. The molecule has 0 N–H and O–H groups in total. The average Bonchev–Trinajstić information content (AvgIpc) is 2.49. The van der Waals surface area contributed by atoms with E-state index in [0.717, 1.165) is 5.92 Å². The molecule has 0 bridgehead atoms. The van der Waals surface area contributed by atoms with Crippen LogP contribution in [0.15, 0.2) is 48.5 Å². The highest BCUT2D eigenvalue weighted by Crippen LogP contribution is 2.33. The highest BCUT2D eigenvalue weighted by atomic mass is 31.0. The Morgan fingerprint density at radius 3 is 2.26 bits per heavy atom. The summed E-state index contributed by atoms with van der Waals surface area (Å²) in [6, 6.07) is 17.7. The van der Waals surface area contributed by atoms with Gasteiger partial charge in [-0.3, -0.25) is 0 Å². The second-order valence-electron chi connectivity index (χ2n) is 5.55. The third-order valence-corrected chi connectivity index (χ3v) is 4.71. The lowest BCUT2D eigenvalue weighted by Gasteiger charge is -2.22. The van der Waals surface area contributed by atoms with Crippen molar-refractivity contribution in [2.24, 2.45) is 0 Å². The van der Waals surface area contributed by atoms with E-state index in [1.165, 1.54) is 54.1 Å². The molecule has 1 unspecified atom stereocenters. The number of benzene rings is 2. The molecule has 19 heavy (non-hydrogen) atoms. The van der Waals surface area contributed by atoms with Crippen molar-refractivity contribution in [3.63, 3.8) is 0 Å². The standard InChI is InChI=1S/C18H21P/c19-18-13-16(14-7-3-1-4-8-14)11-12-17(18)15-9-5-2-6-10-15/h2,5-6,9-14H,1,3-4,7-8,19H2. The summed E-state index contributed by atoms with van der Waals surface area (Å²) in [5.74, 6) is 0.790. The topological polar surface area (TPSA) is 0 Å². The Labute approximate surface area is 118 Å². The Kier molecular flexibility index (Phi) is 3.99. The van der Waals surface area contributed by atoms with Crippen LogP contribution in [0.1, 0.15) is 43.6 Å². The lowest BCUT2D eigenvalue weighted by molar-refractivity contribution is 0.444. The van der Waals surface area contributed by atoms with Crippen molar-refractivity contribution in [1.82, 2.24) is 0 Å². The minimum atomic E-state index is 0.790. The van der Waals surface area contributed by atoms with Gasteiger partial charge in [-0.2, -0.15) is 0 Å². The van der Waals surface area contributed by atoms with Crippen LogP contribution in [-0.4, -0.2) is 0 Å². The van der Waals surface area contributed by atoms with Crippen molar-refractivity contribution < 1.29 is 0 Å². The molecule has 3 rings (SSSR count). The maximum Gasteiger partial charge on any atom is -0.0112 e. The maximum atomic E-state index is 2.91. The summed E-state index contributed by atoms with van der Waals surface area (Å²) in [6.45, 7) is 0. The van der Waals surface area contributed by atoms with Crippen LogP contribution in [0, 0.1) is 0 Å². The third-order valence-electron chi connectivity index (χ3n) is 4.24. The Morgan fingerprint density at radius 2 is 1.58 bits per heavy atom. The molecule has 0 aliphatic heterocycles. The maximum absolute atomic E-state index is 2.91. The van der Waals surface area contributed by atoms with Gasteiger partial charge in [0.15, 0.2) is 0 Å². The Morgan fingerprint density at radius 1 is 0.842 bits per heavy atom. The van der Waals surface area contributed by atoms with Gasteiger partial charge in [0.25, 0.3) is 0 Å². The van der Waals surface area contributed by atoms with Gasteiger partial charge in [-0.15, -0.1) is 9.24 Å². The molecular weight excluding hydrogens is 247 g/mol. The number of hydrogen-bond acceptors (Lipinski definition) is 0. The van der Waals surface area contributed by atoms with Crippen molar-refractivity contribution in [3.05, 3.63) is 54.1 Å². The van der Waals surface area contributed by atoms with Gasteiger partial charge in [0, 0.05) is 0 Å². The van der Waals surface area contributed by atoms with E-state index in [-0.39, 0.29) is 0 Å². The van der Waals surface area contributed by atoms with Gasteiger partial charge in [-0.05, 0) is 40.8 Å². The molecule has 1 atom stereocenters. The lowest BCUT2D eigenvalue weighted by Crippen LogP contribution is -2.07.